The molecule has 1 aliphatic rings. The standard InChI is InChI=1S/C17H26N2O4S/c1-23-13-5-10-18-17(20)16-8-11-19(12-9-16)24(21,22)14-15-6-3-2-4-7-15/h2-4,6-7,16H,5,8-14H2,1H3,(H,18,20). The molecule has 0 bridgehead atoms. The Morgan fingerprint density at radius 2 is 1.92 bits per heavy atom. The van der Waals surface area contributed by atoms with Crippen LogP contribution >= 0.6 is 0 Å². The number of amides is 1. The number of hydrogen-bond donors (Lipinski definition) is 1. The zero-order valence-corrected chi connectivity index (χ0v) is 14.9. The summed E-state index contributed by atoms with van der Waals surface area (Å²) in [6, 6.07) is 9.18. The van der Waals surface area contributed by atoms with Crippen molar-refractivity contribution in [3.05, 3.63) is 35.9 Å². The average molecular weight is 354 g/mol. The molecular weight excluding hydrogens is 328 g/mol. The van der Waals surface area contributed by atoms with Gasteiger partial charge >= 0.3 is 0 Å². The number of piperidine rings is 1. The summed E-state index contributed by atoms with van der Waals surface area (Å²) in [6.45, 7) is 2.03. The van der Waals surface area contributed by atoms with Gasteiger partial charge in [0.25, 0.3) is 0 Å². The number of nitrogens with zero attached hydrogens (tertiary/aromatic N) is 1. The zero-order chi connectivity index (χ0) is 17.4. The molecule has 0 spiro atoms. The summed E-state index contributed by atoms with van der Waals surface area (Å²) in [4.78, 5) is 12.1. The van der Waals surface area contributed by atoms with Gasteiger partial charge in [0.15, 0.2) is 0 Å². The van der Waals surface area contributed by atoms with Crippen LogP contribution in [0.3, 0.4) is 0 Å². The molecule has 6 nitrogen and oxygen atoms in total. The molecule has 0 radical (unpaired) electrons. The fraction of sp³-hybridized carbons (Fsp3) is 0.588. The van der Waals surface area contributed by atoms with Crippen LogP contribution in [0.2, 0.25) is 0 Å². The minimum absolute atomic E-state index is 0.0156. The second-order valence-electron chi connectivity index (χ2n) is 6.05. The molecule has 1 aromatic rings. The first-order valence-electron chi connectivity index (χ1n) is 8.31. The van der Waals surface area contributed by atoms with Crippen molar-refractivity contribution in [2.75, 3.05) is 33.4 Å². The Labute approximate surface area is 144 Å². The number of ether oxygens (including phenoxy) is 1. The summed E-state index contributed by atoms with van der Waals surface area (Å²) < 4.78 is 31.4. The smallest absolute Gasteiger partial charge is 0.223 e. The van der Waals surface area contributed by atoms with E-state index in [1.54, 1.807) is 7.11 Å². The van der Waals surface area contributed by atoms with Crippen molar-refractivity contribution in [3.8, 4) is 0 Å². The molecule has 0 aliphatic carbocycles. The van der Waals surface area contributed by atoms with Crippen molar-refractivity contribution >= 4 is 15.9 Å². The van der Waals surface area contributed by atoms with E-state index in [1.807, 2.05) is 30.3 Å². The molecule has 1 N–H and O–H groups in total. The zero-order valence-electron chi connectivity index (χ0n) is 14.1. The van der Waals surface area contributed by atoms with Gasteiger partial charge in [-0.1, -0.05) is 30.3 Å². The lowest BCUT2D eigenvalue weighted by Crippen LogP contribution is -2.43. The van der Waals surface area contributed by atoms with Crippen LogP contribution in [-0.4, -0.2) is 52.0 Å². The number of hydrogen-bond acceptors (Lipinski definition) is 4. The van der Waals surface area contributed by atoms with E-state index in [-0.39, 0.29) is 17.6 Å². The van der Waals surface area contributed by atoms with E-state index in [0.29, 0.717) is 39.1 Å². The highest BCUT2D eigenvalue weighted by Crippen LogP contribution is 2.21. The molecule has 0 unspecified atom stereocenters. The van der Waals surface area contributed by atoms with Gasteiger partial charge in [0.05, 0.1) is 5.75 Å². The number of methoxy groups -OCH3 is 1. The first-order valence-corrected chi connectivity index (χ1v) is 9.92. The molecule has 1 amide bonds. The molecule has 134 valence electrons. The van der Waals surface area contributed by atoms with Gasteiger partial charge in [-0.15, -0.1) is 0 Å². The molecule has 0 saturated carbocycles. The normalized spacial score (nSPS) is 16.9. The van der Waals surface area contributed by atoms with E-state index in [4.69, 9.17) is 4.74 Å². The molecule has 1 heterocycles. The number of carbonyl (C=O) groups excluding carboxylic acids is 1. The van der Waals surface area contributed by atoms with Crippen molar-refractivity contribution in [3.63, 3.8) is 0 Å². The molecule has 1 aromatic carbocycles. The van der Waals surface area contributed by atoms with Gasteiger partial charge in [0, 0.05) is 39.3 Å². The van der Waals surface area contributed by atoms with Crippen LogP contribution in [0.1, 0.15) is 24.8 Å². The lowest BCUT2D eigenvalue weighted by Gasteiger charge is -2.30. The third-order valence-electron chi connectivity index (χ3n) is 4.23. The van der Waals surface area contributed by atoms with Crippen LogP contribution in [0.4, 0.5) is 0 Å². The molecule has 1 saturated heterocycles. The van der Waals surface area contributed by atoms with Crippen LogP contribution in [0.5, 0.6) is 0 Å². The SMILES string of the molecule is COCCCNC(=O)C1CCN(S(=O)(=O)Cc2ccccc2)CC1. The minimum atomic E-state index is -3.32. The highest BCUT2D eigenvalue weighted by Gasteiger charge is 2.30. The number of benzene rings is 1. The number of carbonyl (C=O) groups is 1. The molecule has 1 fully saturated rings. The molecule has 0 aromatic heterocycles. The second-order valence-corrected chi connectivity index (χ2v) is 8.02. The van der Waals surface area contributed by atoms with E-state index >= 15 is 0 Å². The molecular formula is C17H26N2O4S. The van der Waals surface area contributed by atoms with E-state index in [1.165, 1.54) is 4.31 Å². The Morgan fingerprint density at radius 3 is 2.54 bits per heavy atom. The highest BCUT2D eigenvalue weighted by molar-refractivity contribution is 7.88. The van der Waals surface area contributed by atoms with E-state index in [9.17, 15) is 13.2 Å². The number of rotatable bonds is 8. The lowest BCUT2D eigenvalue weighted by molar-refractivity contribution is -0.126. The summed E-state index contributed by atoms with van der Waals surface area (Å²) in [7, 11) is -1.69. The second kappa shape index (κ2) is 9.15. The Bertz CT molecular complexity index is 611. The molecule has 1 aliphatic heterocycles. The van der Waals surface area contributed by atoms with Gasteiger partial charge in [-0.3, -0.25) is 4.79 Å². The first kappa shape index (κ1) is 18.9. The van der Waals surface area contributed by atoms with Gasteiger partial charge in [0.2, 0.25) is 15.9 Å². The monoisotopic (exact) mass is 354 g/mol. The maximum Gasteiger partial charge on any atom is 0.223 e. The third kappa shape index (κ3) is 5.58. The maximum atomic E-state index is 12.5. The lowest BCUT2D eigenvalue weighted by atomic mass is 9.97. The van der Waals surface area contributed by atoms with Gasteiger partial charge in [-0.25, -0.2) is 12.7 Å². The van der Waals surface area contributed by atoms with E-state index < -0.39 is 10.0 Å². The number of sulfonamides is 1. The van der Waals surface area contributed by atoms with Crippen molar-refractivity contribution in [2.24, 2.45) is 5.92 Å². The summed E-state index contributed by atoms with van der Waals surface area (Å²) in [5.74, 6) is -0.0659. The van der Waals surface area contributed by atoms with Gasteiger partial charge < -0.3 is 10.1 Å². The molecule has 2 rings (SSSR count). The summed E-state index contributed by atoms with van der Waals surface area (Å²) in [6.07, 6.45) is 1.93. The first-order chi connectivity index (χ1) is 11.5. The molecule has 7 heteroatoms. The Morgan fingerprint density at radius 1 is 1.25 bits per heavy atom. The average Bonchev–Trinajstić information content (AvgIpc) is 2.59. The topological polar surface area (TPSA) is 75.7 Å². The third-order valence-corrected chi connectivity index (χ3v) is 6.08. The minimum Gasteiger partial charge on any atom is -0.385 e. The maximum absolute atomic E-state index is 12.5. The Hall–Kier alpha value is -1.44. The van der Waals surface area contributed by atoms with Crippen LogP contribution in [0, 0.1) is 5.92 Å². The Balaban J connectivity index is 1.80. The van der Waals surface area contributed by atoms with E-state index in [0.717, 1.165) is 12.0 Å². The van der Waals surface area contributed by atoms with Crippen molar-refractivity contribution in [1.82, 2.24) is 9.62 Å². The number of nitrogens with one attached hydrogen (secondary N) is 1. The summed E-state index contributed by atoms with van der Waals surface area (Å²) in [5.41, 5.74) is 0.788. The summed E-state index contributed by atoms with van der Waals surface area (Å²) in [5, 5.41) is 2.89. The predicted octanol–water partition coefficient (Wildman–Crippen LogP) is 1.38. The van der Waals surface area contributed by atoms with Crippen molar-refractivity contribution in [1.29, 1.82) is 0 Å². The Kier molecular flexibility index (Phi) is 7.20. The molecule has 24 heavy (non-hydrogen) atoms. The quantitative estimate of drug-likeness (QED) is 0.716. The van der Waals surface area contributed by atoms with Crippen LogP contribution in [-0.2, 0) is 25.3 Å². The van der Waals surface area contributed by atoms with Crippen molar-refractivity contribution in [2.45, 2.75) is 25.0 Å². The van der Waals surface area contributed by atoms with Gasteiger partial charge in [-0.2, -0.15) is 0 Å². The van der Waals surface area contributed by atoms with Crippen LogP contribution in [0.15, 0.2) is 30.3 Å². The fourth-order valence-electron chi connectivity index (χ4n) is 2.84. The predicted molar refractivity (Wildman–Crippen MR) is 92.9 cm³/mol. The van der Waals surface area contributed by atoms with Crippen molar-refractivity contribution < 1.29 is 17.9 Å². The van der Waals surface area contributed by atoms with Crippen LogP contribution in [0.25, 0.3) is 0 Å². The highest BCUT2D eigenvalue weighted by atomic mass is 32.2. The van der Waals surface area contributed by atoms with Gasteiger partial charge in [-0.05, 0) is 24.8 Å². The van der Waals surface area contributed by atoms with Gasteiger partial charge in [0.1, 0.15) is 0 Å². The van der Waals surface area contributed by atoms with Crippen LogP contribution < -0.4 is 5.32 Å². The van der Waals surface area contributed by atoms with E-state index in [2.05, 4.69) is 5.32 Å². The molecule has 0 atom stereocenters. The largest absolute Gasteiger partial charge is 0.385 e. The summed E-state index contributed by atoms with van der Waals surface area (Å²) >= 11 is 0. The fourth-order valence-corrected chi connectivity index (χ4v) is 4.41.